The van der Waals surface area contributed by atoms with Crippen LogP contribution < -0.4 is 5.32 Å². The third-order valence-corrected chi connectivity index (χ3v) is 3.94. The minimum Gasteiger partial charge on any atom is -0.341 e. The Balaban J connectivity index is 1.91. The summed E-state index contributed by atoms with van der Waals surface area (Å²) in [5.41, 5.74) is 0. The van der Waals surface area contributed by atoms with Crippen LogP contribution in [0.3, 0.4) is 0 Å². The number of carbonyl (C=O) groups excluding carboxylic acids is 1. The van der Waals surface area contributed by atoms with E-state index in [9.17, 15) is 4.79 Å². The number of carbonyl (C=O) groups is 1. The van der Waals surface area contributed by atoms with Gasteiger partial charge < -0.3 is 10.2 Å². The summed E-state index contributed by atoms with van der Waals surface area (Å²) < 4.78 is 0. The Bertz CT molecular complexity index is 263. The molecular weight excluding hydrogens is 200 g/mol. The lowest BCUT2D eigenvalue weighted by Crippen LogP contribution is -2.44. The summed E-state index contributed by atoms with van der Waals surface area (Å²) >= 11 is 0. The normalized spacial score (nSPS) is 33.2. The maximum absolute atomic E-state index is 12.1. The second kappa shape index (κ2) is 5.00. The molecule has 3 unspecified atom stereocenters. The Morgan fingerprint density at radius 1 is 1.50 bits per heavy atom. The Morgan fingerprint density at radius 3 is 2.94 bits per heavy atom. The van der Waals surface area contributed by atoms with Gasteiger partial charge in [-0.1, -0.05) is 18.9 Å². The van der Waals surface area contributed by atoms with Crippen molar-refractivity contribution in [2.45, 2.75) is 44.2 Å². The summed E-state index contributed by atoms with van der Waals surface area (Å²) in [5.74, 6) is 0.967. The molecule has 2 rings (SSSR count). The number of hydrogen-bond donors (Lipinski definition) is 1. The van der Waals surface area contributed by atoms with E-state index in [-0.39, 0.29) is 11.9 Å². The van der Waals surface area contributed by atoms with Crippen molar-refractivity contribution in [2.75, 3.05) is 13.6 Å². The van der Waals surface area contributed by atoms with E-state index in [0.29, 0.717) is 12.6 Å². The Labute approximate surface area is 97.9 Å². The summed E-state index contributed by atoms with van der Waals surface area (Å²) in [6.45, 7) is 4.31. The molecule has 1 aliphatic carbocycles. The number of likely N-dealkylation sites (N-methyl/N-ethyl adjacent to an activating group) is 1. The molecule has 90 valence electrons. The highest BCUT2D eigenvalue weighted by atomic mass is 16.2. The van der Waals surface area contributed by atoms with Crippen molar-refractivity contribution < 1.29 is 4.79 Å². The molecule has 3 heteroatoms. The van der Waals surface area contributed by atoms with Crippen LogP contribution >= 0.6 is 0 Å². The van der Waals surface area contributed by atoms with Gasteiger partial charge in [-0.05, 0) is 25.2 Å². The van der Waals surface area contributed by atoms with E-state index in [4.69, 9.17) is 0 Å². The van der Waals surface area contributed by atoms with Crippen LogP contribution in [0, 0.1) is 5.92 Å². The zero-order valence-corrected chi connectivity index (χ0v) is 10.1. The fraction of sp³-hybridized carbons (Fsp3) is 0.769. The van der Waals surface area contributed by atoms with Crippen LogP contribution in [0.15, 0.2) is 12.7 Å². The lowest BCUT2D eigenvalue weighted by atomic mass is 9.85. The van der Waals surface area contributed by atoms with Crippen LogP contribution in [-0.4, -0.2) is 36.5 Å². The molecule has 0 aromatic rings. The van der Waals surface area contributed by atoms with Gasteiger partial charge in [0.05, 0.1) is 6.04 Å². The van der Waals surface area contributed by atoms with Crippen molar-refractivity contribution in [1.29, 1.82) is 0 Å². The zero-order valence-electron chi connectivity index (χ0n) is 10.1. The van der Waals surface area contributed by atoms with Gasteiger partial charge in [0.2, 0.25) is 5.91 Å². The molecule has 1 N–H and O–H groups in total. The molecule has 1 heterocycles. The average Bonchev–Trinajstić information content (AvgIpc) is 2.71. The van der Waals surface area contributed by atoms with Crippen molar-refractivity contribution in [2.24, 2.45) is 5.92 Å². The van der Waals surface area contributed by atoms with Gasteiger partial charge in [0.1, 0.15) is 0 Å². The molecule has 0 radical (unpaired) electrons. The molecule has 1 saturated carbocycles. The molecule has 3 nitrogen and oxygen atoms in total. The number of fused-ring (bicyclic) bond motifs is 1. The fourth-order valence-electron chi connectivity index (χ4n) is 3.06. The first-order chi connectivity index (χ1) is 7.72. The van der Waals surface area contributed by atoms with Gasteiger partial charge in [0.25, 0.3) is 0 Å². The first-order valence-corrected chi connectivity index (χ1v) is 6.34. The maximum atomic E-state index is 12.1. The SMILES string of the molecule is C=CCN(C)C(=O)C1CC2CCCCC2N1. The topological polar surface area (TPSA) is 32.3 Å². The predicted octanol–water partition coefficient (Wildman–Crippen LogP) is 1.55. The van der Waals surface area contributed by atoms with E-state index in [1.54, 1.807) is 11.0 Å². The quantitative estimate of drug-likeness (QED) is 0.735. The van der Waals surface area contributed by atoms with Crippen LogP contribution in [-0.2, 0) is 4.79 Å². The van der Waals surface area contributed by atoms with Gasteiger partial charge in [0.15, 0.2) is 0 Å². The average molecular weight is 222 g/mol. The van der Waals surface area contributed by atoms with Crippen LogP contribution in [0.2, 0.25) is 0 Å². The highest BCUT2D eigenvalue weighted by Gasteiger charge is 2.38. The minimum absolute atomic E-state index is 0.0537. The molecule has 16 heavy (non-hydrogen) atoms. The van der Waals surface area contributed by atoms with Crippen molar-refractivity contribution in [3.63, 3.8) is 0 Å². The molecular formula is C13H22N2O. The van der Waals surface area contributed by atoms with E-state index >= 15 is 0 Å². The van der Waals surface area contributed by atoms with Crippen LogP contribution in [0.5, 0.6) is 0 Å². The lowest BCUT2D eigenvalue weighted by Gasteiger charge is -2.24. The maximum Gasteiger partial charge on any atom is 0.239 e. The van der Waals surface area contributed by atoms with Gasteiger partial charge in [-0.3, -0.25) is 4.79 Å². The van der Waals surface area contributed by atoms with Crippen LogP contribution in [0.4, 0.5) is 0 Å². The number of rotatable bonds is 3. The predicted molar refractivity (Wildman–Crippen MR) is 65.1 cm³/mol. The largest absolute Gasteiger partial charge is 0.341 e. The number of nitrogens with zero attached hydrogens (tertiary/aromatic N) is 1. The van der Waals surface area contributed by atoms with Gasteiger partial charge >= 0.3 is 0 Å². The zero-order chi connectivity index (χ0) is 11.5. The smallest absolute Gasteiger partial charge is 0.239 e. The monoisotopic (exact) mass is 222 g/mol. The molecule has 0 spiro atoms. The molecule has 0 bridgehead atoms. The molecule has 2 fully saturated rings. The molecule has 1 aliphatic heterocycles. The van der Waals surface area contributed by atoms with Crippen LogP contribution in [0.25, 0.3) is 0 Å². The van der Waals surface area contributed by atoms with Gasteiger partial charge in [-0.2, -0.15) is 0 Å². The Kier molecular flexibility index (Phi) is 3.64. The molecule has 2 aliphatic rings. The summed E-state index contributed by atoms with van der Waals surface area (Å²) in [6.07, 6.45) is 8.01. The third kappa shape index (κ3) is 2.29. The van der Waals surface area contributed by atoms with E-state index < -0.39 is 0 Å². The van der Waals surface area contributed by atoms with Crippen LogP contribution in [0.1, 0.15) is 32.1 Å². The first-order valence-electron chi connectivity index (χ1n) is 6.34. The molecule has 1 amide bonds. The van der Waals surface area contributed by atoms with E-state index in [1.165, 1.54) is 25.7 Å². The summed E-state index contributed by atoms with van der Waals surface area (Å²) in [5, 5.41) is 3.51. The Morgan fingerprint density at radius 2 is 2.25 bits per heavy atom. The van der Waals surface area contributed by atoms with Gasteiger partial charge in [0, 0.05) is 19.6 Å². The number of hydrogen-bond acceptors (Lipinski definition) is 2. The second-order valence-corrected chi connectivity index (χ2v) is 5.11. The molecule has 0 aromatic carbocycles. The standard InChI is InChI=1S/C13H22N2O/c1-3-8-15(2)13(16)12-9-10-6-4-5-7-11(10)14-12/h3,10-12,14H,1,4-9H2,2H3. The highest BCUT2D eigenvalue weighted by Crippen LogP contribution is 2.33. The molecule has 3 atom stereocenters. The van der Waals surface area contributed by atoms with Crippen molar-refractivity contribution >= 4 is 5.91 Å². The van der Waals surface area contributed by atoms with E-state index in [1.807, 2.05) is 7.05 Å². The van der Waals surface area contributed by atoms with E-state index in [0.717, 1.165) is 12.3 Å². The fourth-order valence-corrected chi connectivity index (χ4v) is 3.06. The molecule has 0 aromatic heterocycles. The van der Waals surface area contributed by atoms with Gasteiger partial charge in [-0.15, -0.1) is 6.58 Å². The van der Waals surface area contributed by atoms with Crippen molar-refractivity contribution in [3.05, 3.63) is 12.7 Å². The van der Waals surface area contributed by atoms with Crippen molar-refractivity contribution in [1.82, 2.24) is 10.2 Å². The number of nitrogens with one attached hydrogen (secondary N) is 1. The minimum atomic E-state index is 0.0537. The van der Waals surface area contributed by atoms with Crippen molar-refractivity contribution in [3.8, 4) is 0 Å². The van der Waals surface area contributed by atoms with Gasteiger partial charge in [-0.25, -0.2) is 0 Å². The summed E-state index contributed by atoms with van der Waals surface area (Å²) in [4.78, 5) is 13.9. The summed E-state index contributed by atoms with van der Waals surface area (Å²) in [7, 11) is 1.85. The molecule has 1 saturated heterocycles. The second-order valence-electron chi connectivity index (χ2n) is 5.11. The lowest BCUT2D eigenvalue weighted by molar-refractivity contribution is -0.131. The third-order valence-electron chi connectivity index (χ3n) is 3.94. The first kappa shape index (κ1) is 11.6. The van der Waals surface area contributed by atoms with E-state index in [2.05, 4.69) is 11.9 Å². The summed E-state index contributed by atoms with van der Waals surface area (Å²) in [6, 6.07) is 0.651. The Hall–Kier alpha value is -0.830. The highest BCUT2D eigenvalue weighted by molar-refractivity contribution is 5.82. The number of amides is 1.